The Hall–Kier alpha value is -1.67. The number of rotatable bonds is 2. The molecule has 2 aliphatic rings. The molecular formula is C13H16FN3O3S. The molecule has 0 spiro atoms. The number of nitrogens with two attached hydrogens (primary N) is 1. The second-order valence-corrected chi connectivity index (χ2v) is 7.23. The first-order valence-corrected chi connectivity index (χ1v) is 8.18. The largest absolute Gasteiger partial charge is 0.398 e. The number of piperazine rings is 1. The number of anilines is 1. The molecule has 2 aliphatic heterocycles. The van der Waals surface area contributed by atoms with Crippen LogP contribution in [-0.4, -0.2) is 49.2 Å². The highest BCUT2D eigenvalue weighted by Gasteiger charge is 2.40. The molecule has 6 nitrogen and oxygen atoms in total. The fourth-order valence-electron chi connectivity index (χ4n) is 2.92. The fraction of sp³-hybridized carbons (Fsp3) is 0.462. The number of benzene rings is 1. The maximum Gasteiger partial charge on any atom is 0.245 e. The Morgan fingerprint density at radius 1 is 1.29 bits per heavy atom. The first kappa shape index (κ1) is 14.3. The number of carbonyl (C=O) groups is 1. The Morgan fingerprint density at radius 2 is 2.05 bits per heavy atom. The SMILES string of the molecule is Nc1ccc(F)cc1S(=O)(=O)N1CCN2C(=O)CCC2C1. The molecule has 2 fully saturated rings. The summed E-state index contributed by atoms with van der Waals surface area (Å²) >= 11 is 0. The third kappa shape index (κ3) is 2.38. The van der Waals surface area contributed by atoms with E-state index in [2.05, 4.69) is 0 Å². The highest BCUT2D eigenvalue weighted by atomic mass is 32.2. The number of nitrogen functional groups attached to an aromatic ring is 1. The van der Waals surface area contributed by atoms with E-state index >= 15 is 0 Å². The fourth-order valence-corrected chi connectivity index (χ4v) is 4.52. The monoisotopic (exact) mass is 313 g/mol. The van der Waals surface area contributed by atoms with Gasteiger partial charge < -0.3 is 10.6 Å². The Bertz CT molecular complexity index is 692. The number of carbonyl (C=O) groups excluding carboxylic acids is 1. The van der Waals surface area contributed by atoms with E-state index in [9.17, 15) is 17.6 Å². The molecule has 21 heavy (non-hydrogen) atoms. The zero-order chi connectivity index (χ0) is 15.2. The number of amides is 1. The summed E-state index contributed by atoms with van der Waals surface area (Å²) in [6.45, 7) is 0.822. The van der Waals surface area contributed by atoms with Gasteiger partial charge in [-0.15, -0.1) is 0 Å². The third-order valence-corrected chi connectivity index (χ3v) is 5.97. The molecular weight excluding hydrogens is 297 g/mol. The molecule has 2 saturated heterocycles. The predicted octanol–water partition coefficient (Wildman–Crippen LogP) is 0.403. The average molecular weight is 313 g/mol. The van der Waals surface area contributed by atoms with Gasteiger partial charge in [-0.1, -0.05) is 0 Å². The van der Waals surface area contributed by atoms with Crippen LogP contribution in [0.25, 0.3) is 0 Å². The molecule has 3 rings (SSSR count). The van der Waals surface area contributed by atoms with E-state index in [-0.39, 0.29) is 35.6 Å². The van der Waals surface area contributed by atoms with E-state index < -0.39 is 15.8 Å². The van der Waals surface area contributed by atoms with Crippen molar-refractivity contribution < 1.29 is 17.6 Å². The number of fused-ring (bicyclic) bond motifs is 1. The van der Waals surface area contributed by atoms with Crippen molar-refractivity contribution in [2.45, 2.75) is 23.8 Å². The lowest BCUT2D eigenvalue weighted by molar-refractivity contribution is -0.130. The number of hydrogen-bond acceptors (Lipinski definition) is 4. The van der Waals surface area contributed by atoms with Crippen molar-refractivity contribution in [1.82, 2.24) is 9.21 Å². The molecule has 8 heteroatoms. The second kappa shape index (κ2) is 4.96. The lowest BCUT2D eigenvalue weighted by Crippen LogP contribution is -2.53. The van der Waals surface area contributed by atoms with Gasteiger partial charge in [0.2, 0.25) is 15.9 Å². The first-order valence-electron chi connectivity index (χ1n) is 6.74. The summed E-state index contributed by atoms with van der Waals surface area (Å²) in [6, 6.07) is 3.23. The molecule has 0 aromatic heterocycles. The van der Waals surface area contributed by atoms with Crippen molar-refractivity contribution in [1.29, 1.82) is 0 Å². The van der Waals surface area contributed by atoms with Gasteiger partial charge in [0.1, 0.15) is 10.7 Å². The number of halogens is 1. The van der Waals surface area contributed by atoms with Gasteiger partial charge in [-0.2, -0.15) is 4.31 Å². The quantitative estimate of drug-likeness (QED) is 0.801. The second-order valence-electron chi connectivity index (χ2n) is 5.32. The maximum atomic E-state index is 13.3. The number of hydrogen-bond donors (Lipinski definition) is 1. The Morgan fingerprint density at radius 3 is 2.81 bits per heavy atom. The summed E-state index contributed by atoms with van der Waals surface area (Å²) in [6.07, 6.45) is 1.12. The molecule has 0 saturated carbocycles. The summed E-state index contributed by atoms with van der Waals surface area (Å²) in [5.41, 5.74) is 5.70. The van der Waals surface area contributed by atoms with Crippen molar-refractivity contribution in [3.05, 3.63) is 24.0 Å². The van der Waals surface area contributed by atoms with E-state index in [4.69, 9.17) is 5.73 Å². The molecule has 1 amide bonds. The van der Waals surface area contributed by atoms with Gasteiger partial charge in [0.15, 0.2) is 0 Å². The minimum atomic E-state index is -3.84. The van der Waals surface area contributed by atoms with Gasteiger partial charge in [0.05, 0.1) is 5.69 Å². The van der Waals surface area contributed by atoms with Crippen LogP contribution in [0.2, 0.25) is 0 Å². The lowest BCUT2D eigenvalue weighted by Gasteiger charge is -2.36. The van der Waals surface area contributed by atoms with Crippen molar-refractivity contribution >= 4 is 21.6 Å². The van der Waals surface area contributed by atoms with Crippen LogP contribution in [-0.2, 0) is 14.8 Å². The van der Waals surface area contributed by atoms with Gasteiger partial charge >= 0.3 is 0 Å². The highest BCUT2D eigenvalue weighted by molar-refractivity contribution is 7.89. The Balaban J connectivity index is 1.89. The van der Waals surface area contributed by atoms with Crippen molar-refractivity contribution in [3.8, 4) is 0 Å². The van der Waals surface area contributed by atoms with E-state index in [0.717, 1.165) is 12.1 Å². The van der Waals surface area contributed by atoms with E-state index in [0.29, 0.717) is 19.4 Å². The van der Waals surface area contributed by atoms with Crippen LogP contribution >= 0.6 is 0 Å². The summed E-state index contributed by atoms with van der Waals surface area (Å²) < 4.78 is 39.8. The van der Waals surface area contributed by atoms with Gasteiger partial charge in [0, 0.05) is 32.1 Å². The molecule has 0 bridgehead atoms. The predicted molar refractivity (Wildman–Crippen MR) is 74.3 cm³/mol. The smallest absolute Gasteiger partial charge is 0.245 e. The van der Waals surface area contributed by atoms with Crippen LogP contribution in [0.1, 0.15) is 12.8 Å². The zero-order valence-corrected chi connectivity index (χ0v) is 12.1. The Labute approximate surface area is 122 Å². The molecule has 0 radical (unpaired) electrons. The standard InChI is InChI=1S/C13H16FN3O3S/c14-9-1-3-11(15)12(7-9)21(19,20)16-5-6-17-10(8-16)2-4-13(17)18/h1,3,7,10H,2,4-6,8,15H2. The average Bonchev–Trinajstić information content (AvgIpc) is 2.82. The van der Waals surface area contributed by atoms with Crippen LogP contribution in [0.5, 0.6) is 0 Å². The Kier molecular flexibility index (Phi) is 3.37. The van der Waals surface area contributed by atoms with Crippen molar-refractivity contribution in [3.63, 3.8) is 0 Å². The third-order valence-electron chi connectivity index (χ3n) is 4.05. The van der Waals surface area contributed by atoms with Crippen LogP contribution in [0, 0.1) is 5.82 Å². The minimum absolute atomic E-state index is 0.0290. The molecule has 1 aromatic carbocycles. The van der Waals surface area contributed by atoms with Gasteiger partial charge in [0.25, 0.3) is 0 Å². The highest BCUT2D eigenvalue weighted by Crippen LogP contribution is 2.29. The summed E-state index contributed by atoms with van der Waals surface area (Å²) in [5, 5.41) is 0. The molecule has 114 valence electrons. The van der Waals surface area contributed by atoms with Crippen molar-refractivity contribution in [2.24, 2.45) is 0 Å². The van der Waals surface area contributed by atoms with Crippen molar-refractivity contribution in [2.75, 3.05) is 25.4 Å². The molecule has 1 unspecified atom stereocenters. The van der Waals surface area contributed by atoms with Crippen LogP contribution in [0.15, 0.2) is 23.1 Å². The summed E-state index contributed by atoms with van der Waals surface area (Å²) in [7, 11) is -3.84. The minimum Gasteiger partial charge on any atom is -0.398 e. The molecule has 2 N–H and O–H groups in total. The molecule has 1 atom stereocenters. The number of sulfonamides is 1. The topological polar surface area (TPSA) is 83.7 Å². The van der Waals surface area contributed by atoms with Crippen LogP contribution < -0.4 is 5.73 Å². The first-order chi connectivity index (χ1) is 9.89. The van der Waals surface area contributed by atoms with E-state index in [1.165, 1.54) is 10.4 Å². The van der Waals surface area contributed by atoms with Crippen LogP contribution in [0.4, 0.5) is 10.1 Å². The maximum absolute atomic E-state index is 13.3. The van der Waals surface area contributed by atoms with Crippen LogP contribution in [0.3, 0.4) is 0 Å². The van der Waals surface area contributed by atoms with Gasteiger partial charge in [-0.3, -0.25) is 4.79 Å². The molecule has 0 aliphatic carbocycles. The van der Waals surface area contributed by atoms with E-state index in [1.54, 1.807) is 4.90 Å². The zero-order valence-electron chi connectivity index (χ0n) is 11.3. The number of nitrogens with zero attached hydrogens (tertiary/aromatic N) is 2. The van der Waals surface area contributed by atoms with Gasteiger partial charge in [-0.25, -0.2) is 12.8 Å². The lowest BCUT2D eigenvalue weighted by atomic mass is 10.2. The summed E-state index contributed by atoms with van der Waals surface area (Å²) in [4.78, 5) is 13.1. The van der Waals surface area contributed by atoms with E-state index in [1.807, 2.05) is 0 Å². The normalized spacial score (nSPS) is 23.4. The molecule has 1 aromatic rings. The molecule has 2 heterocycles. The van der Waals surface area contributed by atoms with Gasteiger partial charge in [-0.05, 0) is 24.6 Å². The summed E-state index contributed by atoms with van der Waals surface area (Å²) in [5.74, 6) is -0.570.